The topological polar surface area (TPSA) is 129 Å². The van der Waals surface area contributed by atoms with Crippen LogP contribution in [-0.4, -0.2) is 67.0 Å². The lowest BCUT2D eigenvalue weighted by atomic mass is 9.84. The third-order valence-electron chi connectivity index (χ3n) is 8.36. The number of nitrogens with zero attached hydrogens (tertiary/aromatic N) is 4. The largest absolute Gasteiger partial charge is 0.394 e. The molecule has 4 N–H and O–H groups in total. The second-order valence-corrected chi connectivity index (χ2v) is 12.5. The number of aliphatic hydroxyl groups excluding tert-OH is 2. The molecule has 1 aliphatic heterocycles. The molecule has 0 aliphatic carbocycles. The lowest BCUT2D eigenvalue weighted by Crippen LogP contribution is -2.35. The summed E-state index contributed by atoms with van der Waals surface area (Å²) in [5.41, 5.74) is 10.7. The summed E-state index contributed by atoms with van der Waals surface area (Å²) in [5.74, 6) is 1.26. The van der Waals surface area contributed by atoms with Crippen molar-refractivity contribution in [3.63, 3.8) is 0 Å². The average molecular weight is 626 g/mol. The van der Waals surface area contributed by atoms with Crippen LogP contribution in [0.4, 0.5) is 5.82 Å². The number of imidazole rings is 1. The Hall–Kier alpha value is -3.80. The van der Waals surface area contributed by atoms with E-state index < -0.39 is 24.5 Å². The normalized spacial score (nSPS) is 20.1. The van der Waals surface area contributed by atoms with Crippen molar-refractivity contribution in [2.75, 3.05) is 24.7 Å². The van der Waals surface area contributed by atoms with Crippen LogP contribution in [0.5, 0.6) is 0 Å². The van der Waals surface area contributed by atoms with Crippen molar-refractivity contribution >= 4 is 28.7 Å². The first-order valence-corrected chi connectivity index (χ1v) is 16.4. The molecule has 0 unspecified atom stereocenters. The molecule has 234 valence electrons. The Kier molecular flexibility index (Phi) is 10.1. The van der Waals surface area contributed by atoms with Crippen LogP contribution < -0.4 is 5.73 Å². The highest BCUT2D eigenvalue weighted by molar-refractivity contribution is 8.00. The fraction of sp³-hybridized carbons (Fsp3) is 0.343. The van der Waals surface area contributed by atoms with Gasteiger partial charge in [-0.15, -0.1) is 11.8 Å². The fourth-order valence-electron chi connectivity index (χ4n) is 6.10. The van der Waals surface area contributed by atoms with Crippen molar-refractivity contribution in [2.45, 2.75) is 55.0 Å². The number of aliphatic hydroxyl groups is 2. The standard InChI is InChI=1S/C35H39N5O4S/c36-32-29-33(38-23-37-32)40(24-39-29)34-31(30(42)28(22-41)44-34)43-20-12-1-2-13-21-45-35(25-14-6-3-7-15-25,26-16-8-4-9-17-26)27-18-10-5-11-19-27/h3-11,14-19,23-24,28,30-31,34,41-42H,1-2,12-13,20-22H2,(H2,36,37,38)/t28-,30-,31-,34-/m1/s1. The summed E-state index contributed by atoms with van der Waals surface area (Å²) < 4.78 is 13.5. The predicted molar refractivity (Wildman–Crippen MR) is 177 cm³/mol. The Bertz CT molecular complexity index is 1540. The second-order valence-electron chi connectivity index (χ2n) is 11.2. The van der Waals surface area contributed by atoms with E-state index >= 15 is 0 Å². The van der Waals surface area contributed by atoms with Gasteiger partial charge in [0.2, 0.25) is 0 Å². The lowest BCUT2D eigenvalue weighted by molar-refractivity contribution is -0.0711. The van der Waals surface area contributed by atoms with Gasteiger partial charge in [-0.1, -0.05) is 104 Å². The van der Waals surface area contributed by atoms with Crippen molar-refractivity contribution in [3.8, 4) is 0 Å². The van der Waals surface area contributed by atoms with E-state index in [1.54, 1.807) is 10.9 Å². The van der Waals surface area contributed by atoms with Crippen LogP contribution in [0.3, 0.4) is 0 Å². The first-order chi connectivity index (χ1) is 22.1. The van der Waals surface area contributed by atoms with Gasteiger partial charge in [0.05, 0.1) is 17.7 Å². The maximum Gasteiger partial charge on any atom is 0.167 e. The minimum absolute atomic E-state index is 0.264. The molecule has 6 rings (SSSR count). The molecule has 1 aliphatic rings. The molecule has 2 aromatic heterocycles. The van der Waals surface area contributed by atoms with Crippen molar-refractivity contribution in [3.05, 3.63) is 120 Å². The number of nitrogen functional groups attached to an aromatic ring is 1. The minimum atomic E-state index is -0.991. The Morgan fingerprint density at radius 2 is 1.42 bits per heavy atom. The zero-order valence-corrected chi connectivity index (χ0v) is 25.9. The van der Waals surface area contributed by atoms with E-state index in [9.17, 15) is 10.2 Å². The molecule has 4 atom stereocenters. The number of nitrogens with two attached hydrogens (primary N) is 1. The van der Waals surface area contributed by atoms with Gasteiger partial charge in [-0.3, -0.25) is 4.57 Å². The van der Waals surface area contributed by atoms with Crippen LogP contribution in [0.25, 0.3) is 11.2 Å². The van der Waals surface area contributed by atoms with Crippen molar-refractivity contribution in [2.24, 2.45) is 0 Å². The van der Waals surface area contributed by atoms with Crippen LogP contribution in [-0.2, 0) is 14.2 Å². The predicted octanol–water partition coefficient (Wildman–Crippen LogP) is 5.33. The Morgan fingerprint density at radius 3 is 2.02 bits per heavy atom. The maximum atomic E-state index is 10.9. The molecular weight excluding hydrogens is 586 g/mol. The number of anilines is 1. The minimum Gasteiger partial charge on any atom is -0.394 e. The molecule has 0 saturated carbocycles. The zero-order valence-electron chi connectivity index (χ0n) is 25.1. The van der Waals surface area contributed by atoms with E-state index in [0.717, 1.165) is 31.4 Å². The van der Waals surface area contributed by atoms with Gasteiger partial charge in [0.1, 0.15) is 30.2 Å². The lowest BCUT2D eigenvalue weighted by Gasteiger charge is -2.35. The van der Waals surface area contributed by atoms with Gasteiger partial charge >= 0.3 is 0 Å². The first kappa shape index (κ1) is 31.2. The SMILES string of the molecule is Nc1ncnc2c1ncn2[C@@H]1O[C@H](CO)[C@@H](O)[C@H]1OCCCCCCSC(c1ccccc1)(c1ccccc1)c1ccccc1. The maximum absolute atomic E-state index is 10.9. The van der Waals surface area contributed by atoms with Gasteiger partial charge in [-0.25, -0.2) is 15.0 Å². The number of hydrogen-bond donors (Lipinski definition) is 3. The second kappa shape index (κ2) is 14.5. The highest BCUT2D eigenvalue weighted by Crippen LogP contribution is 2.48. The highest BCUT2D eigenvalue weighted by atomic mass is 32.2. The molecule has 9 nitrogen and oxygen atoms in total. The number of benzene rings is 3. The number of thioether (sulfide) groups is 1. The van der Waals surface area contributed by atoms with Crippen LogP contribution in [0, 0.1) is 0 Å². The summed E-state index contributed by atoms with van der Waals surface area (Å²) in [5, 5.41) is 20.7. The van der Waals surface area contributed by atoms with Gasteiger partial charge in [-0.2, -0.15) is 0 Å². The van der Waals surface area contributed by atoms with Gasteiger partial charge in [-0.05, 0) is 35.3 Å². The molecule has 0 bridgehead atoms. The third kappa shape index (κ3) is 6.47. The van der Waals surface area contributed by atoms with Gasteiger partial charge in [0.15, 0.2) is 17.7 Å². The van der Waals surface area contributed by atoms with Crippen LogP contribution >= 0.6 is 11.8 Å². The Balaban J connectivity index is 1.06. The van der Waals surface area contributed by atoms with E-state index in [-0.39, 0.29) is 17.2 Å². The summed E-state index contributed by atoms with van der Waals surface area (Å²) in [6.07, 6.45) is 3.72. The molecule has 0 spiro atoms. The number of ether oxygens (including phenoxy) is 2. The van der Waals surface area contributed by atoms with Crippen molar-refractivity contribution in [1.29, 1.82) is 0 Å². The molecule has 45 heavy (non-hydrogen) atoms. The Labute approximate surface area is 267 Å². The molecule has 0 radical (unpaired) electrons. The van der Waals surface area contributed by atoms with E-state index in [2.05, 4.69) is 106 Å². The van der Waals surface area contributed by atoms with Crippen LogP contribution in [0.15, 0.2) is 104 Å². The third-order valence-corrected chi connectivity index (χ3v) is 10.00. The number of fused-ring (bicyclic) bond motifs is 1. The summed E-state index contributed by atoms with van der Waals surface area (Å²) in [6, 6.07) is 32.3. The Morgan fingerprint density at radius 1 is 0.822 bits per heavy atom. The van der Waals surface area contributed by atoms with E-state index in [4.69, 9.17) is 15.2 Å². The average Bonchev–Trinajstić information content (AvgIpc) is 3.66. The summed E-state index contributed by atoms with van der Waals surface area (Å²) in [7, 11) is 0. The number of rotatable bonds is 14. The van der Waals surface area contributed by atoms with Crippen molar-refractivity contribution in [1.82, 2.24) is 19.5 Å². The summed E-state index contributed by atoms with van der Waals surface area (Å²) in [4.78, 5) is 12.6. The van der Waals surface area contributed by atoms with E-state index in [1.165, 1.54) is 23.0 Å². The zero-order chi connectivity index (χ0) is 31.1. The highest BCUT2D eigenvalue weighted by Gasteiger charge is 2.46. The monoisotopic (exact) mass is 625 g/mol. The van der Waals surface area contributed by atoms with Crippen molar-refractivity contribution < 1.29 is 19.7 Å². The van der Waals surface area contributed by atoms with E-state index in [0.29, 0.717) is 17.8 Å². The number of aromatic nitrogens is 4. The number of unbranched alkanes of at least 4 members (excludes halogenated alkanes) is 3. The van der Waals surface area contributed by atoms with Gasteiger partial charge in [0, 0.05) is 6.61 Å². The molecule has 3 heterocycles. The summed E-state index contributed by atoms with van der Waals surface area (Å²) >= 11 is 1.98. The molecule has 0 amide bonds. The molecular formula is C35H39N5O4S. The molecule has 3 aromatic carbocycles. The molecule has 5 aromatic rings. The van der Waals surface area contributed by atoms with Gasteiger partial charge < -0.3 is 25.4 Å². The number of hydrogen-bond acceptors (Lipinski definition) is 9. The van der Waals surface area contributed by atoms with Crippen LogP contribution in [0.1, 0.15) is 48.6 Å². The quantitative estimate of drug-likeness (QED) is 0.111. The van der Waals surface area contributed by atoms with E-state index in [1.807, 2.05) is 11.8 Å². The molecule has 10 heteroatoms. The summed E-state index contributed by atoms with van der Waals surface area (Å²) in [6.45, 7) is 0.133. The first-order valence-electron chi connectivity index (χ1n) is 15.4. The molecule has 1 saturated heterocycles. The fourth-order valence-corrected chi connectivity index (χ4v) is 7.66. The smallest absolute Gasteiger partial charge is 0.167 e. The molecule has 1 fully saturated rings. The van der Waals surface area contributed by atoms with Crippen LogP contribution in [0.2, 0.25) is 0 Å². The van der Waals surface area contributed by atoms with Gasteiger partial charge in [0.25, 0.3) is 0 Å².